The summed E-state index contributed by atoms with van der Waals surface area (Å²) in [5.74, 6) is 1.42. The Kier molecular flexibility index (Phi) is 5.97. The number of aromatic nitrogens is 2. The molecule has 1 aromatic heterocycles. The number of halogens is 2. The maximum Gasteiger partial charge on any atom is 0.132 e. The van der Waals surface area contributed by atoms with E-state index in [-0.39, 0.29) is 0 Å². The number of nitrogens with zero attached hydrogens (tertiary/aromatic N) is 2. The molecule has 2 aromatic rings. The van der Waals surface area contributed by atoms with E-state index >= 15 is 0 Å². The van der Waals surface area contributed by atoms with E-state index < -0.39 is 0 Å². The van der Waals surface area contributed by atoms with Crippen molar-refractivity contribution in [3.8, 4) is 0 Å². The van der Waals surface area contributed by atoms with Gasteiger partial charge in [-0.05, 0) is 30.2 Å². The second-order valence-electron chi connectivity index (χ2n) is 5.46. The van der Waals surface area contributed by atoms with E-state index in [0.29, 0.717) is 22.4 Å². The molecule has 0 spiro atoms. The van der Waals surface area contributed by atoms with Crippen molar-refractivity contribution in [3.05, 3.63) is 57.6 Å². The van der Waals surface area contributed by atoms with Crippen LogP contribution in [0.2, 0.25) is 10.0 Å². The largest absolute Gasteiger partial charge is 0.312 e. The minimum atomic E-state index is 0.559. The van der Waals surface area contributed by atoms with Crippen LogP contribution >= 0.6 is 23.2 Å². The van der Waals surface area contributed by atoms with Crippen molar-refractivity contribution in [1.82, 2.24) is 15.3 Å². The van der Waals surface area contributed by atoms with Gasteiger partial charge in [-0.15, -0.1) is 0 Å². The van der Waals surface area contributed by atoms with E-state index in [9.17, 15) is 0 Å². The summed E-state index contributed by atoms with van der Waals surface area (Å²) in [4.78, 5) is 8.79. The predicted molar refractivity (Wildman–Crippen MR) is 87.8 cm³/mol. The van der Waals surface area contributed by atoms with Gasteiger partial charge in [-0.3, -0.25) is 0 Å². The number of hydrogen-bond acceptors (Lipinski definition) is 3. The second-order valence-corrected chi connectivity index (χ2v) is 6.27. The first-order valence-corrected chi connectivity index (χ1v) is 7.74. The van der Waals surface area contributed by atoms with Gasteiger partial charge in [-0.25, -0.2) is 9.97 Å². The van der Waals surface area contributed by atoms with Crippen LogP contribution in [-0.4, -0.2) is 16.5 Å². The van der Waals surface area contributed by atoms with Crippen molar-refractivity contribution in [3.63, 3.8) is 0 Å². The monoisotopic (exact) mass is 323 g/mol. The van der Waals surface area contributed by atoms with Gasteiger partial charge in [0.2, 0.25) is 0 Å². The van der Waals surface area contributed by atoms with Crippen molar-refractivity contribution in [2.75, 3.05) is 6.54 Å². The molecule has 0 fully saturated rings. The van der Waals surface area contributed by atoms with Crippen molar-refractivity contribution in [2.24, 2.45) is 5.92 Å². The summed E-state index contributed by atoms with van der Waals surface area (Å²) in [6.07, 6.45) is 4.39. The fourth-order valence-electron chi connectivity index (χ4n) is 1.90. The highest BCUT2D eigenvalue weighted by Crippen LogP contribution is 2.23. The van der Waals surface area contributed by atoms with Gasteiger partial charge in [0.25, 0.3) is 0 Å². The zero-order chi connectivity index (χ0) is 15.2. The maximum absolute atomic E-state index is 6.01. The summed E-state index contributed by atoms with van der Waals surface area (Å²) in [5.41, 5.74) is 2.14. The highest BCUT2D eigenvalue weighted by molar-refractivity contribution is 6.42. The maximum atomic E-state index is 6.01. The van der Waals surface area contributed by atoms with Crippen LogP contribution in [0.5, 0.6) is 0 Å². The molecule has 1 heterocycles. The molecular weight excluding hydrogens is 305 g/mol. The van der Waals surface area contributed by atoms with Crippen molar-refractivity contribution in [1.29, 1.82) is 0 Å². The average Bonchev–Trinajstić information content (AvgIpc) is 2.44. The van der Waals surface area contributed by atoms with Gasteiger partial charge in [-0.2, -0.15) is 0 Å². The predicted octanol–water partition coefficient (Wildman–Crippen LogP) is 4.12. The molecule has 112 valence electrons. The SMILES string of the molecule is CC(C)CNCc1cnc(Cc2ccc(Cl)c(Cl)c2)nc1. The summed E-state index contributed by atoms with van der Waals surface area (Å²) in [7, 11) is 0. The summed E-state index contributed by atoms with van der Waals surface area (Å²) < 4.78 is 0. The Labute approximate surface area is 135 Å². The Morgan fingerprint density at radius 3 is 2.38 bits per heavy atom. The Morgan fingerprint density at radius 1 is 1.05 bits per heavy atom. The standard InChI is InChI=1S/C16H19Cl2N3/c1-11(2)7-19-8-13-9-20-16(21-10-13)6-12-3-4-14(17)15(18)5-12/h3-5,9-11,19H,6-8H2,1-2H3. The first kappa shape index (κ1) is 16.2. The third kappa shape index (κ3) is 5.27. The molecule has 0 amide bonds. The van der Waals surface area contributed by atoms with Crippen LogP contribution in [0.15, 0.2) is 30.6 Å². The van der Waals surface area contributed by atoms with Gasteiger partial charge in [0.05, 0.1) is 10.0 Å². The first-order chi connectivity index (χ1) is 10.0. The quantitative estimate of drug-likeness (QED) is 0.868. The number of hydrogen-bond donors (Lipinski definition) is 1. The Hall–Kier alpha value is -1.16. The first-order valence-electron chi connectivity index (χ1n) is 6.99. The smallest absolute Gasteiger partial charge is 0.132 e. The van der Waals surface area contributed by atoms with Crippen LogP contribution in [0, 0.1) is 5.92 Å². The fourth-order valence-corrected chi connectivity index (χ4v) is 2.22. The van der Waals surface area contributed by atoms with E-state index in [1.165, 1.54) is 0 Å². The highest BCUT2D eigenvalue weighted by atomic mass is 35.5. The third-order valence-electron chi connectivity index (χ3n) is 2.99. The Morgan fingerprint density at radius 2 is 1.76 bits per heavy atom. The van der Waals surface area contributed by atoms with Crippen molar-refractivity contribution >= 4 is 23.2 Å². The lowest BCUT2D eigenvalue weighted by molar-refractivity contribution is 0.551. The summed E-state index contributed by atoms with van der Waals surface area (Å²) in [6.45, 7) is 6.16. The molecule has 0 saturated carbocycles. The van der Waals surface area contributed by atoms with Crippen LogP contribution in [-0.2, 0) is 13.0 Å². The molecule has 0 radical (unpaired) electrons. The molecule has 21 heavy (non-hydrogen) atoms. The van der Waals surface area contributed by atoms with Crippen LogP contribution in [0.3, 0.4) is 0 Å². The van der Waals surface area contributed by atoms with Gasteiger partial charge in [-0.1, -0.05) is 43.1 Å². The van der Waals surface area contributed by atoms with Gasteiger partial charge in [0.15, 0.2) is 0 Å². The molecule has 0 aliphatic rings. The Balaban J connectivity index is 1.94. The minimum absolute atomic E-state index is 0.559. The summed E-state index contributed by atoms with van der Waals surface area (Å²) >= 11 is 11.9. The number of nitrogens with one attached hydrogen (secondary N) is 1. The summed E-state index contributed by atoms with van der Waals surface area (Å²) in [5, 5.41) is 4.49. The number of rotatable bonds is 6. The zero-order valence-electron chi connectivity index (χ0n) is 12.2. The normalized spacial score (nSPS) is 11.1. The zero-order valence-corrected chi connectivity index (χ0v) is 13.7. The average molecular weight is 324 g/mol. The molecule has 0 bridgehead atoms. The third-order valence-corrected chi connectivity index (χ3v) is 3.73. The molecule has 1 N–H and O–H groups in total. The minimum Gasteiger partial charge on any atom is -0.312 e. The molecule has 0 unspecified atom stereocenters. The van der Waals surface area contributed by atoms with E-state index in [1.807, 2.05) is 24.5 Å². The Bertz CT molecular complexity index is 583. The molecule has 1 aromatic carbocycles. The lowest BCUT2D eigenvalue weighted by Crippen LogP contribution is -2.19. The van der Waals surface area contributed by atoms with E-state index in [0.717, 1.165) is 30.0 Å². The molecule has 0 atom stereocenters. The van der Waals surface area contributed by atoms with Crippen LogP contribution in [0.1, 0.15) is 30.8 Å². The number of benzene rings is 1. The van der Waals surface area contributed by atoms with Gasteiger partial charge >= 0.3 is 0 Å². The molecule has 0 saturated heterocycles. The van der Waals surface area contributed by atoms with E-state index in [2.05, 4.69) is 29.1 Å². The van der Waals surface area contributed by atoms with Crippen LogP contribution in [0.25, 0.3) is 0 Å². The lowest BCUT2D eigenvalue weighted by atomic mass is 10.1. The molecule has 2 rings (SSSR count). The molecule has 0 aliphatic carbocycles. The van der Waals surface area contributed by atoms with Crippen LogP contribution < -0.4 is 5.32 Å². The molecule has 0 aliphatic heterocycles. The highest BCUT2D eigenvalue weighted by Gasteiger charge is 2.03. The summed E-state index contributed by atoms with van der Waals surface area (Å²) in [6, 6.07) is 5.59. The molecule has 3 nitrogen and oxygen atoms in total. The van der Waals surface area contributed by atoms with Gasteiger partial charge in [0, 0.05) is 30.9 Å². The van der Waals surface area contributed by atoms with Crippen molar-refractivity contribution in [2.45, 2.75) is 26.8 Å². The van der Waals surface area contributed by atoms with Crippen LogP contribution in [0.4, 0.5) is 0 Å². The second kappa shape index (κ2) is 7.74. The van der Waals surface area contributed by atoms with Gasteiger partial charge < -0.3 is 5.32 Å². The molecular formula is C16H19Cl2N3. The van der Waals surface area contributed by atoms with Gasteiger partial charge in [0.1, 0.15) is 5.82 Å². The topological polar surface area (TPSA) is 37.8 Å². The lowest BCUT2D eigenvalue weighted by Gasteiger charge is -2.07. The van der Waals surface area contributed by atoms with E-state index in [4.69, 9.17) is 23.2 Å². The fraction of sp³-hybridized carbons (Fsp3) is 0.375. The molecule has 5 heteroatoms. The van der Waals surface area contributed by atoms with E-state index in [1.54, 1.807) is 6.07 Å². The van der Waals surface area contributed by atoms with Crippen molar-refractivity contribution < 1.29 is 0 Å².